The van der Waals surface area contributed by atoms with Gasteiger partial charge in [-0.1, -0.05) is 32.1 Å². The van der Waals surface area contributed by atoms with Crippen LogP contribution in [-0.2, 0) is 9.47 Å². The van der Waals surface area contributed by atoms with Crippen molar-refractivity contribution in [3.8, 4) is 0 Å². The van der Waals surface area contributed by atoms with Crippen LogP contribution in [0.1, 0.15) is 51.4 Å². The molecule has 0 bridgehead atoms. The highest BCUT2D eigenvalue weighted by Gasteiger charge is 2.40. The van der Waals surface area contributed by atoms with E-state index < -0.39 is 0 Å². The highest BCUT2D eigenvalue weighted by atomic mass is 16.5. The highest BCUT2D eigenvalue weighted by molar-refractivity contribution is 4.91. The van der Waals surface area contributed by atoms with Crippen molar-refractivity contribution in [1.82, 2.24) is 0 Å². The van der Waals surface area contributed by atoms with Gasteiger partial charge in [-0.3, -0.25) is 0 Å². The Morgan fingerprint density at radius 3 is 2.47 bits per heavy atom. The van der Waals surface area contributed by atoms with E-state index in [1.165, 1.54) is 32.1 Å². The van der Waals surface area contributed by atoms with E-state index >= 15 is 0 Å². The van der Waals surface area contributed by atoms with Gasteiger partial charge >= 0.3 is 0 Å². The number of aliphatic hydroxyl groups excluding tert-OH is 1. The molecule has 1 unspecified atom stereocenters. The standard InChI is InChI=1S/C14H26O3/c1-16-14(7-9-17-10-8-14)13(15)11-12-5-3-2-4-6-12/h12-13,15H,2-11H2,1H3. The van der Waals surface area contributed by atoms with Crippen LogP contribution in [-0.4, -0.2) is 37.1 Å². The second kappa shape index (κ2) is 6.17. The number of rotatable bonds is 4. The molecule has 0 amide bonds. The summed E-state index contributed by atoms with van der Waals surface area (Å²) >= 11 is 0. The van der Waals surface area contributed by atoms with Crippen molar-refractivity contribution in [3.05, 3.63) is 0 Å². The van der Waals surface area contributed by atoms with Gasteiger partial charge in [-0.25, -0.2) is 0 Å². The first-order valence-corrected chi connectivity index (χ1v) is 7.08. The van der Waals surface area contributed by atoms with Gasteiger partial charge in [-0.2, -0.15) is 0 Å². The van der Waals surface area contributed by atoms with E-state index in [2.05, 4.69) is 0 Å². The SMILES string of the molecule is COC1(C(O)CC2CCCCC2)CCOCC1. The fourth-order valence-corrected chi connectivity index (χ4v) is 3.34. The molecule has 1 aliphatic carbocycles. The third-order valence-electron chi connectivity index (χ3n) is 4.63. The molecule has 0 radical (unpaired) electrons. The zero-order valence-electron chi connectivity index (χ0n) is 11.0. The molecule has 2 aliphatic rings. The molecular weight excluding hydrogens is 216 g/mol. The van der Waals surface area contributed by atoms with Gasteiger partial charge in [0.15, 0.2) is 0 Å². The maximum atomic E-state index is 10.5. The Morgan fingerprint density at radius 2 is 1.88 bits per heavy atom. The minimum atomic E-state index is -0.338. The van der Waals surface area contributed by atoms with Crippen molar-refractivity contribution >= 4 is 0 Å². The number of aliphatic hydroxyl groups is 1. The van der Waals surface area contributed by atoms with Gasteiger partial charge in [0, 0.05) is 33.2 Å². The van der Waals surface area contributed by atoms with E-state index in [1.807, 2.05) is 0 Å². The number of hydrogen-bond acceptors (Lipinski definition) is 3. The van der Waals surface area contributed by atoms with Crippen molar-refractivity contribution in [1.29, 1.82) is 0 Å². The maximum absolute atomic E-state index is 10.5. The molecule has 0 spiro atoms. The minimum absolute atomic E-state index is 0.320. The molecule has 17 heavy (non-hydrogen) atoms. The Bertz CT molecular complexity index is 218. The molecular formula is C14H26O3. The third-order valence-corrected chi connectivity index (χ3v) is 4.63. The third kappa shape index (κ3) is 3.21. The van der Waals surface area contributed by atoms with Crippen molar-refractivity contribution in [2.75, 3.05) is 20.3 Å². The smallest absolute Gasteiger partial charge is 0.0980 e. The average Bonchev–Trinajstić information content (AvgIpc) is 2.40. The van der Waals surface area contributed by atoms with Crippen molar-refractivity contribution in [2.24, 2.45) is 5.92 Å². The minimum Gasteiger partial charge on any atom is -0.390 e. The summed E-state index contributed by atoms with van der Waals surface area (Å²) in [6, 6.07) is 0. The Labute approximate surface area is 104 Å². The summed E-state index contributed by atoms with van der Waals surface area (Å²) in [5.74, 6) is 0.702. The highest BCUT2D eigenvalue weighted by Crippen LogP contribution is 2.35. The van der Waals surface area contributed by atoms with Gasteiger partial charge in [0.1, 0.15) is 0 Å². The summed E-state index contributed by atoms with van der Waals surface area (Å²) in [7, 11) is 1.73. The molecule has 0 aromatic rings. The van der Waals surface area contributed by atoms with Crippen LogP contribution in [0.25, 0.3) is 0 Å². The summed E-state index contributed by atoms with van der Waals surface area (Å²) in [5, 5.41) is 10.5. The molecule has 1 aliphatic heterocycles. The molecule has 0 aromatic carbocycles. The molecule has 100 valence electrons. The number of ether oxygens (including phenoxy) is 2. The van der Waals surface area contributed by atoms with Crippen LogP contribution in [0, 0.1) is 5.92 Å². The van der Waals surface area contributed by atoms with Gasteiger partial charge in [0.25, 0.3) is 0 Å². The monoisotopic (exact) mass is 242 g/mol. The second-order valence-corrected chi connectivity index (χ2v) is 5.64. The fourth-order valence-electron chi connectivity index (χ4n) is 3.34. The van der Waals surface area contributed by atoms with Crippen molar-refractivity contribution in [2.45, 2.75) is 63.1 Å². The lowest BCUT2D eigenvalue weighted by Crippen LogP contribution is -2.49. The van der Waals surface area contributed by atoms with Crippen LogP contribution < -0.4 is 0 Å². The number of hydrogen-bond donors (Lipinski definition) is 1. The van der Waals surface area contributed by atoms with Gasteiger partial charge in [0.05, 0.1) is 11.7 Å². The Balaban J connectivity index is 1.89. The first-order valence-electron chi connectivity index (χ1n) is 7.08. The Hall–Kier alpha value is -0.120. The van der Waals surface area contributed by atoms with Crippen molar-refractivity contribution < 1.29 is 14.6 Å². The molecule has 1 saturated carbocycles. The molecule has 0 aromatic heterocycles. The number of methoxy groups -OCH3 is 1. The van der Waals surface area contributed by atoms with Crippen LogP contribution in [0.4, 0.5) is 0 Å². The summed E-state index contributed by atoms with van der Waals surface area (Å²) in [6.07, 6.45) is 8.86. The fraction of sp³-hybridized carbons (Fsp3) is 1.00. The molecule has 3 nitrogen and oxygen atoms in total. The van der Waals surface area contributed by atoms with Crippen LogP contribution in [0.5, 0.6) is 0 Å². The average molecular weight is 242 g/mol. The van der Waals surface area contributed by atoms with E-state index in [1.54, 1.807) is 7.11 Å². The molecule has 2 rings (SSSR count). The lowest BCUT2D eigenvalue weighted by molar-refractivity contribution is -0.157. The second-order valence-electron chi connectivity index (χ2n) is 5.64. The zero-order chi connectivity index (χ0) is 12.1. The van der Waals surface area contributed by atoms with Gasteiger partial charge in [-0.15, -0.1) is 0 Å². The van der Waals surface area contributed by atoms with Crippen molar-refractivity contribution in [3.63, 3.8) is 0 Å². The first kappa shape index (κ1) is 13.3. The quantitative estimate of drug-likeness (QED) is 0.823. The summed E-state index contributed by atoms with van der Waals surface area (Å²) in [5.41, 5.74) is -0.338. The molecule has 1 atom stereocenters. The van der Waals surface area contributed by atoms with Gasteiger partial charge < -0.3 is 14.6 Å². The molecule has 3 heteroatoms. The molecule has 1 saturated heterocycles. The van der Waals surface area contributed by atoms with E-state index in [0.29, 0.717) is 5.92 Å². The Morgan fingerprint density at radius 1 is 1.24 bits per heavy atom. The lowest BCUT2D eigenvalue weighted by Gasteiger charge is -2.41. The van der Waals surface area contributed by atoms with E-state index in [-0.39, 0.29) is 11.7 Å². The van der Waals surface area contributed by atoms with Crippen LogP contribution in [0.15, 0.2) is 0 Å². The van der Waals surface area contributed by atoms with Crippen LogP contribution in [0.2, 0.25) is 0 Å². The van der Waals surface area contributed by atoms with Crippen LogP contribution >= 0.6 is 0 Å². The summed E-state index contributed by atoms with van der Waals surface area (Å²) < 4.78 is 11.0. The Kier molecular flexibility index (Phi) is 4.83. The van der Waals surface area contributed by atoms with E-state index in [9.17, 15) is 5.11 Å². The maximum Gasteiger partial charge on any atom is 0.0980 e. The van der Waals surface area contributed by atoms with Gasteiger partial charge in [-0.05, 0) is 12.3 Å². The molecule has 1 heterocycles. The first-order chi connectivity index (χ1) is 8.27. The predicted molar refractivity (Wildman–Crippen MR) is 67.0 cm³/mol. The molecule has 2 fully saturated rings. The van der Waals surface area contributed by atoms with E-state index in [0.717, 1.165) is 32.5 Å². The summed E-state index contributed by atoms with van der Waals surface area (Å²) in [6.45, 7) is 1.44. The molecule has 1 N–H and O–H groups in total. The zero-order valence-corrected chi connectivity index (χ0v) is 11.0. The largest absolute Gasteiger partial charge is 0.390 e. The van der Waals surface area contributed by atoms with E-state index in [4.69, 9.17) is 9.47 Å². The lowest BCUT2D eigenvalue weighted by atomic mass is 9.79. The normalized spacial score (nSPS) is 27.9. The van der Waals surface area contributed by atoms with Gasteiger partial charge in [0.2, 0.25) is 0 Å². The van der Waals surface area contributed by atoms with Crippen LogP contribution in [0.3, 0.4) is 0 Å². The predicted octanol–water partition coefficient (Wildman–Crippen LogP) is 2.51. The summed E-state index contributed by atoms with van der Waals surface area (Å²) in [4.78, 5) is 0. The topological polar surface area (TPSA) is 38.7 Å².